The van der Waals surface area contributed by atoms with Gasteiger partial charge in [0.15, 0.2) is 0 Å². The number of aliphatic hydroxyl groups excluding tert-OH is 1. The van der Waals surface area contributed by atoms with Gasteiger partial charge in [0, 0.05) is 48.1 Å². The first-order valence-corrected chi connectivity index (χ1v) is 15.0. The Kier molecular flexibility index (Phi) is 9.01. The fourth-order valence-corrected chi connectivity index (χ4v) is 5.90. The lowest BCUT2D eigenvalue weighted by Gasteiger charge is -2.35. The molecule has 0 saturated carbocycles. The zero-order valence-corrected chi connectivity index (χ0v) is 25.8. The smallest absolute Gasteiger partial charge is 0.259 e. The summed E-state index contributed by atoms with van der Waals surface area (Å²) < 4.78 is 7.28. The third-order valence-corrected chi connectivity index (χ3v) is 8.25. The minimum Gasteiger partial charge on any atom is -0.477 e. The molecule has 12 heteroatoms. The summed E-state index contributed by atoms with van der Waals surface area (Å²) in [5.74, 6) is -0.931. The van der Waals surface area contributed by atoms with Crippen LogP contribution in [0.2, 0.25) is 10.0 Å². The van der Waals surface area contributed by atoms with E-state index in [1.807, 2.05) is 51.1 Å². The summed E-state index contributed by atoms with van der Waals surface area (Å²) in [6.45, 7) is 6.85. The van der Waals surface area contributed by atoms with Gasteiger partial charge in [0.05, 0.1) is 18.9 Å². The maximum absolute atomic E-state index is 13.9. The number of halogens is 2. The highest BCUT2D eigenvalue weighted by molar-refractivity contribution is 6.36. The van der Waals surface area contributed by atoms with Gasteiger partial charge >= 0.3 is 0 Å². The van der Waals surface area contributed by atoms with Gasteiger partial charge in [0.2, 0.25) is 17.7 Å². The van der Waals surface area contributed by atoms with Crippen LogP contribution in [0.1, 0.15) is 49.5 Å². The topological polar surface area (TPSA) is 126 Å². The lowest BCUT2D eigenvalue weighted by atomic mass is 9.85. The van der Waals surface area contributed by atoms with Crippen LogP contribution in [0.15, 0.2) is 48.7 Å². The maximum atomic E-state index is 13.9. The molecule has 3 heterocycles. The van der Waals surface area contributed by atoms with Crippen molar-refractivity contribution in [3.05, 3.63) is 69.8 Å². The van der Waals surface area contributed by atoms with Crippen molar-refractivity contribution >= 4 is 40.9 Å². The van der Waals surface area contributed by atoms with E-state index in [-0.39, 0.29) is 31.0 Å². The Morgan fingerprint density at radius 3 is 2.58 bits per heavy atom. The van der Waals surface area contributed by atoms with Crippen LogP contribution in [0, 0.1) is 5.41 Å². The summed E-state index contributed by atoms with van der Waals surface area (Å²) >= 11 is 12.3. The van der Waals surface area contributed by atoms with Gasteiger partial charge in [0.25, 0.3) is 5.91 Å². The second kappa shape index (κ2) is 12.6. The van der Waals surface area contributed by atoms with Crippen molar-refractivity contribution in [3.8, 4) is 17.0 Å². The number of aryl methyl sites for hydroxylation is 1. The van der Waals surface area contributed by atoms with Crippen molar-refractivity contribution in [3.63, 3.8) is 0 Å². The molecular formula is C31H35Cl2N5O5. The lowest BCUT2D eigenvalue weighted by Crippen LogP contribution is -2.57. The summed E-state index contributed by atoms with van der Waals surface area (Å²) in [6, 6.07) is 11.0. The molecule has 0 spiro atoms. The number of β-amino-alcohol motifs (C(OH)–C–C–N with tert-alkyl or cyclic N) is 1. The second-order valence-electron chi connectivity index (χ2n) is 12.0. The van der Waals surface area contributed by atoms with E-state index in [0.717, 1.165) is 23.1 Å². The van der Waals surface area contributed by atoms with E-state index in [1.54, 1.807) is 16.8 Å². The Hall–Kier alpha value is -3.60. The monoisotopic (exact) mass is 627 g/mol. The molecule has 228 valence electrons. The summed E-state index contributed by atoms with van der Waals surface area (Å²) in [7, 11) is 0. The number of fused-ring (bicyclic) bond motifs is 1. The minimum atomic E-state index is -0.966. The predicted molar refractivity (Wildman–Crippen MR) is 163 cm³/mol. The van der Waals surface area contributed by atoms with Gasteiger partial charge in [-0.25, -0.2) is 4.68 Å². The number of nitrogens with zero attached hydrogens (tertiary/aromatic N) is 3. The molecule has 2 aliphatic heterocycles. The van der Waals surface area contributed by atoms with Crippen molar-refractivity contribution in [2.24, 2.45) is 5.41 Å². The van der Waals surface area contributed by atoms with Crippen LogP contribution in [0.25, 0.3) is 11.1 Å². The average Bonchev–Trinajstić information content (AvgIpc) is 3.58. The number of benzene rings is 2. The number of hydrogen-bond acceptors (Lipinski definition) is 6. The van der Waals surface area contributed by atoms with Crippen LogP contribution in [0.4, 0.5) is 0 Å². The largest absolute Gasteiger partial charge is 0.477 e. The Morgan fingerprint density at radius 1 is 1.14 bits per heavy atom. The molecule has 3 atom stereocenters. The predicted octanol–water partition coefficient (Wildman–Crippen LogP) is 4.06. The molecule has 0 radical (unpaired) electrons. The van der Waals surface area contributed by atoms with Gasteiger partial charge < -0.3 is 25.4 Å². The molecule has 2 aliphatic rings. The quantitative estimate of drug-likeness (QED) is 0.363. The second-order valence-corrected chi connectivity index (χ2v) is 12.8. The maximum Gasteiger partial charge on any atom is 0.259 e. The molecule has 1 fully saturated rings. The Bertz CT molecular complexity index is 1520. The highest BCUT2D eigenvalue weighted by atomic mass is 35.5. The minimum absolute atomic E-state index is 0.0117. The van der Waals surface area contributed by atoms with Gasteiger partial charge in [-0.05, 0) is 28.7 Å². The van der Waals surface area contributed by atoms with Crippen LogP contribution < -0.4 is 15.4 Å². The first-order chi connectivity index (χ1) is 20.4. The summed E-state index contributed by atoms with van der Waals surface area (Å²) in [6.07, 6.45) is 1.47. The number of rotatable bonds is 7. The Labute approximate surface area is 260 Å². The van der Waals surface area contributed by atoms with Crippen molar-refractivity contribution in [2.45, 2.75) is 64.9 Å². The van der Waals surface area contributed by atoms with E-state index < -0.39 is 35.4 Å². The molecule has 0 aliphatic carbocycles. The fourth-order valence-electron chi connectivity index (χ4n) is 5.39. The number of amides is 3. The van der Waals surface area contributed by atoms with Crippen LogP contribution in [0.5, 0.6) is 5.88 Å². The number of hydrogen-bond donors (Lipinski definition) is 3. The third-order valence-electron chi connectivity index (χ3n) is 7.70. The molecule has 5 rings (SSSR count). The number of carbonyl (C=O) groups excluding carboxylic acids is 3. The van der Waals surface area contributed by atoms with Crippen molar-refractivity contribution in [1.29, 1.82) is 0 Å². The van der Waals surface area contributed by atoms with E-state index in [0.29, 0.717) is 29.1 Å². The number of aromatic nitrogens is 2. The molecule has 2 aromatic carbocycles. The Balaban J connectivity index is 1.26. The zero-order valence-electron chi connectivity index (χ0n) is 24.3. The van der Waals surface area contributed by atoms with E-state index in [4.69, 9.17) is 27.9 Å². The standard InChI is InChI=1S/C31H35Cl2N5O5/c1-31(2,3)26(36-27(40)23-16-35-38-11-4-12-43-30(23)38)29(42)37-17-21(39)14-25(37)28(41)34-15-18-5-7-19(8-6-18)22-10-9-20(32)13-24(22)33/h5-10,13,16,21,25-26,39H,4,11-12,14-15,17H2,1-3H3,(H,34,41)(H,36,40)/t21-,25+,26-/m1/s1. The molecule has 0 unspecified atom stereocenters. The number of ether oxygens (including phenoxy) is 1. The first-order valence-electron chi connectivity index (χ1n) is 14.2. The van der Waals surface area contributed by atoms with Crippen molar-refractivity contribution in [1.82, 2.24) is 25.3 Å². The average molecular weight is 629 g/mol. The van der Waals surface area contributed by atoms with Gasteiger partial charge in [-0.3, -0.25) is 14.4 Å². The van der Waals surface area contributed by atoms with Gasteiger partial charge in [-0.2, -0.15) is 5.10 Å². The van der Waals surface area contributed by atoms with Gasteiger partial charge in [-0.1, -0.05) is 74.3 Å². The molecule has 3 aromatic rings. The molecule has 3 amide bonds. The normalized spacial score (nSPS) is 18.9. The van der Waals surface area contributed by atoms with Crippen LogP contribution in [0.3, 0.4) is 0 Å². The van der Waals surface area contributed by atoms with E-state index in [2.05, 4.69) is 15.7 Å². The molecule has 43 heavy (non-hydrogen) atoms. The molecule has 1 aromatic heterocycles. The SMILES string of the molecule is CC(C)(C)[C@H](NC(=O)c1cnn2c1OCCC2)C(=O)N1C[C@H](O)C[C@H]1C(=O)NCc1ccc(-c2ccc(Cl)cc2Cl)cc1. The lowest BCUT2D eigenvalue weighted by molar-refractivity contribution is -0.142. The van der Waals surface area contributed by atoms with E-state index >= 15 is 0 Å². The van der Waals surface area contributed by atoms with E-state index in [9.17, 15) is 19.5 Å². The van der Waals surface area contributed by atoms with E-state index in [1.165, 1.54) is 11.1 Å². The summed E-state index contributed by atoms with van der Waals surface area (Å²) in [4.78, 5) is 41.9. The van der Waals surface area contributed by atoms with Gasteiger partial charge in [0.1, 0.15) is 17.6 Å². The highest BCUT2D eigenvalue weighted by Gasteiger charge is 2.44. The third kappa shape index (κ3) is 6.82. The number of nitrogens with one attached hydrogen (secondary N) is 2. The Morgan fingerprint density at radius 2 is 1.88 bits per heavy atom. The first kappa shape index (κ1) is 30.8. The molecule has 3 N–H and O–H groups in total. The molecule has 0 bridgehead atoms. The van der Waals surface area contributed by atoms with Crippen molar-refractivity contribution < 1.29 is 24.2 Å². The van der Waals surface area contributed by atoms with Crippen LogP contribution in [-0.4, -0.2) is 68.8 Å². The number of aliphatic hydroxyl groups is 1. The van der Waals surface area contributed by atoms with Crippen LogP contribution >= 0.6 is 23.2 Å². The summed E-state index contributed by atoms with van der Waals surface area (Å²) in [5, 5.41) is 21.5. The van der Waals surface area contributed by atoms with Crippen LogP contribution in [-0.2, 0) is 22.7 Å². The number of carbonyl (C=O) groups is 3. The zero-order chi connectivity index (χ0) is 30.9. The fraction of sp³-hybridized carbons (Fsp3) is 0.419. The van der Waals surface area contributed by atoms with Crippen molar-refractivity contribution in [2.75, 3.05) is 13.2 Å². The molecular weight excluding hydrogens is 593 g/mol. The number of likely N-dealkylation sites (tertiary alicyclic amines) is 1. The molecule has 10 nitrogen and oxygen atoms in total. The van der Waals surface area contributed by atoms with Gasteiger partial charge in [-0.15, -0.1) is 0 Å². The summed E-state index contributed by atoms with van der Waals surface area (Å²) in [5.41, 5.74) is 2.17. The highest BCUT2D eigenvalue weighted by Crippen LogP contribution is 2.31. The molecule has 1 saturated heterocycles.